The van der Waals surface area contributed by atoms with E-state index in [0.717, 1.165) is 29.7 Å². The summed E-state index contributed by atoms with van der Waals surface area (Å²) in [5.41, 5.74) is -0.175. The van der Waals surface area contributed by atoms with E-state index in [1.165, 1.54) is 24.3 Å². The molecule has 0 spiro atoms. The number of amides is 1. The molecule has 0 saturated carbocycles. The number of rotatable bonds is 6. The summed E-state index contributed by atoms with van der Waals surface area (Å²) >= 11 is 1.09. The number of sulfone groups is 1. The van der Waals surface area contributed by atoms with Gasteiger partial charge in [0.1, 0.15) is 5.75 Å². The molecule has 0 bridgehead atoms. The smallest absolute Gasteiger partial charge is 0.305 e. The molecule has 0 fully saturated rings. The topological polar surface area (TPSA) is 128 Å². The lowest BCUT2D eigenvalue weighted by Gasteiger charge is -2.05. The van der Waals surface area contributed by atoms with Gasteiger partial charge in [-0.15, -0.1) is 0 Å². The van der Waals surface area contributed by atoms with E-state index in [1.54, 1.807) is 0 Å². The zero-order valence-electron chi connectivity index (χ0n) is 14.2. The predicted molar refractivity (Wildman–Crippen MR) is 99.9 cm³/mol. The van der Waals surface area contributed by atoms with Crippen molar-refractivity contribution < 1.29 is 27.3 Å². The van der Waals surface area contributed by atoms with Gasteiger partial charge in [0.15, 0.2) is 21.6 Å². The third-order valence-electron chi connectivity index (χ3n) is 3.52. The van der Waals surface area contributed by atoms with Crippen molar-refractivity contribution in [2.75, 3.05) is 18.2 Å². The molecule has 1 amide bonds. The van der Waals surface area contributed by atoms with Crippen LogP contribution in [0, 0.1) is 15.9 Å². The van der Waals surface area contributed by atoms with Gasteiger partial charge in [0.05, 0.1) is 20.0 Å². The first-order valence-corrected chi connectivity index (χ1v) is 10.3. The maximum absolute atomic E-state index is 13.5. The van der Waals surface area contributed by atoms with Gasteiger partial charge >= 0.3 is 5.69 Å². The van der Waals surface area contributed by atoms with Gasteiger partial charge in [-0.1, -0.05) is 11.3 Å². The highest BCUT2D eigenvalue weighted by molar-refractivity contribution is 7.90. The second-order valence-corrected chi connectivity index (χ2v) is 8.67. The molecular formula is C16H12FN3O6S2. The van der Waals surface area contributed by atoms with Crippen LogP contribution >= 0.6 is 11.3 Å². The lowest BCUT2D eigenvalue weighted by molar-refractivity contribution is -0.387. The second-order valence-electron chi connectivity index (χ2n) is 5.63. The van der Waals surface area contributed by atoms with Crippen LogP contribution < -0.4 is 10.1 Å². The summed E-state index contributed by atoms with van der Waals surface area (Å²) in [5.74, 6) is -1.70. The van der Waals surface area contributed by atoms with Gasteiger partial charge in [0.2, 0.25) is 5.82 Å². The number of anilines is 1. The molecule has 0 aliphatic heterocycles. The number of nitro groups is 1. The number of carbonyl (C=O) groups excluding carboxylic acids is 1. The Balaban J connectivity index is 1.66. The molecule has 0 saturated heterocycles. The molecule has 0 radical (unpaired) electrons. The van der Waals surface area contributed by atoms with Gasteiger partial charge in [-0.25, -0.2) is 13.4 Å². The second kappa shape index (κ2) is 7.48. The number of fused-ring (bicyclic) bond motifs is 1. The van der Waals surface area contributed by atoms with E-state index in [9.17, 15) is 27.7 Å². The van der Waals surface area contributed by atoms with Crippen LogP contribution in [0.15, 0.2) is 41.3 Å². The summed E-state index contributed by atoms with van der Waals surface area (Å²) in [5, 5.41) is 13.3. The number of nitrogens with one attached hydrogen (secondary N) is 1. The fraction of sp³-hybridized carbons (Fsp3) is 0.125. The van der Waals surface area contributed by atoms with Gasteiger partial charge in [-0.05, 0) is 24.3 Å². The van der Waals surface area contributed by atoms with E-state index >= 15 is 0 Å². The molecule has 1 aromatic heterocycles. The van der Waals surface area contributed by atoms with Crippen LogP contribution in [0.4, 0.5) is 15.2 Å². The minimum atomic E-state index is -3.36. The van der Waals surface area contributed by atoms with E-state index in [0.29, 0.717) is 10.2 Å². The number of nitro benzene ring substituents is 1. The largest absolute Gasteiger partial charge is 0.484 e. The number of ether oxygens (including phenoxy) is 1. The number of halogens is 1. The summed E-state index contributed by atoms with van der Waals surface area (Å²) in [6, 6.07) is 7.36. The molecule has 0 aliphatic rings. The molecule has 9 nitrogen and oxygen atoms in total. The van der Waals surface area contributed by atoms with Crippen LogP contribution in [0.5, 0.6) is 5.75 Å². The first kappa shape index (κ1) is 19.6. The molecule has 0 aliphatic carbocycles. The molecule has 12 heteroatoms. The maximum atomic E-state index is 13.5. The van der Waals surface area contributed by atoms with E-state index < -0.39 is 38.8 Å². The van der Waals surface area contributed by atoms with Crippen LogP contribution in [-0.4, -0.2) is 37.1 Å². The Kier molecular flexibility index (Phi) is 5.25. The van der Waals surface area contributed by atoms with Gasteiger partial charge in [-0.3, -0.25) is 20.2 Å². The van der Waals surface area contributed by atoms with Crippen molar-refractivity contribution in [3.8, 4) is 5.75 Å². The van der Waals surface area contributed by atoms with Crippen LogP contribution in [-0.2, 0) is 14.6 Å². The SMILES string of the molecule is CS(=O)(=O)c1ccc2nc(NC(=O)COc3ccc([N+](=O)[O-])c(F)c3)sc2c1. The average molecular weight is 425 g/mol. The molecule has 1 N–H and O–H groups in total. The van der Waals surface area contributed by atoms with Gasteiger partial charge in [0.25, 0.3) is 5.91 Å². The Morgan fingerprint density at radius 2 is 2.07 bits per heavy atom. The average Bonchev–Trinajstić information content (AvgIpc) is 3.00. The molecule has 28 heavy (non-hydrogen) atoms. The fourth-order valence-corrected chi connectivity index (χ4v) is 3.86. The Labute approximate surface area is 161 Å². The van der Waals surface area contributed by atoms with Gasteiger partial charge < -0.3 is 4.74 Å². The van der Waals surface area contributed by atoms with E-state index in [1.807, 2.05) is 0 Å². The number of hydrogen-bond donors (Lipinski definition) is 1. The third kappa shape index (κ3) is 4.40. The normalized spacial score (nSPS) is 11.4. The number of nitrogens with zero attached hydrogens (tertiary/aromatic N) is 2. The highest BCUT2D eigenvalue weighted by Gasteiger charge is 2.16. The molecule has 0 atom stereocenters. The van der Waals surface area contributed by atoms with Crippen molar-refractivity contribution in [2.45, 2.75) is 4.90 Å². The molecule has 1 heterocycles. The van der Waals surface area contributed by atoms with Crippen LogP contribution in [0.1, 0.15) is 0 Å². The summed E-state index contributed by atoms with van der Waals surface area (Å²) in [7, 11) is -3.36. The first-order valence-electron chi connectivity index (χ1n) is 7.61. The van der Waals surface area contributed by atoms with Crippen LogP contribution in [0.25, 0.3) is 10.2 Å². The Morgan fingerprint density at radius 1 is 1.32 bits per heavy atom. The first-order chi connectivity index (χ1) is 13.1. The van der Waals surface area contributed by atoms with Gasteiger partial charge in [0, 0.05) is 18.4 Å². The quantitative estimate of drug-likeness (QED) is 0.475. The van der Waals surface area contributed by atoms with E-state index in [2.05, 4.69) is 10.3 Å². The lowest BCUT2D eigenvalue weighted by Crippen LogP contribution is -2.20. The van der Waals surface area contributed by atoms with Crippen molar-refractivity contribution in [2.24, 2.45) is 0 Å². The Morgan fingerprint density at radius 3 is 2.71 bits per heavy atom. The number of aromatic nitrogens is 1. The summed E-state index contributed by atoms with van der Waals surface area (Å²) in [6.45, 7) is -0.470. The van der Waals surface area contributed by atoms with Crippen molar-refractivity contribution in [3.05, 3.63) is 52.3 Å². The third-order valence-corrected chi connectivity index (χ3v) is 5.56. The summed E-state index contributed by atoms with van der Waals surface area (Å²) < 4.78 is 42.4. The van der Waals surface area contributed by atoms with Crippen molar-refractivity contribution in [3.63, 3.8) is 0 Å². The van der Waals surface area contributed by atoms with Crippen LogP contribution in [0.3, 0.4) is 0 Å². The lowest BCUT2D eigenvalue weighted by atomic mass is 10.3. The zero-order chi connectivity index (χ0) is 20.5. The minimum Gasteiger partial charge on any atom is -0.484 e. The zero-order valence-corrected chi connectivity index (χ0v) is 15.8. The molecular weight excluding hydrogens is 413 g/mol. The van der Waals surface area contributed by atoms with Crippen molar-refractivity contribution in [1.29, 1.82) is 0 Å². The fourth-order valence-electron chi connectivity index (χ4n) is 2.22. The van der Waals surface area contributed by atoms with Crippen molar-refractivity contribution >= 4 is 48.1 Å². The Hall–Kier alpha value is -3.12. The van der Waals surface area contributed by atoms with Crippen molar-refractivity contribution in [1.82, 2.24) is 4.98 Å². The number of hydrogen-bond acceptors (Lipinski definition) is 8. The summed E-state index contributed by atoms with van der Waals surface area (Å²) in [6.07, 6.45) is 1.09. The standard InChI is InChI=1S/C16H12FN3O6S2/c1-28(24,25)10-3-4-12-14(7-10)27-16(18-12)19-15(21)8-26-9-2-5-13(20(22)23)11(17)6-9/h2-7H,8H2,1H3,(H,18,19,21). The Bertz CT molecular complexity index is 1190. The predicted octanol–water partition coefficient (Wildman–Crippen LogP) is 2.76. The maximum Gasteiger partial charge on any atom is 0.305 e. The molecule has 3 aromatic rings. The molecule has 2 aromatic carbocycles. The monoisotopic (exact) mass is 425 g/mol. The highest BCUT2D eigenvalue weighted by Crippen LogP contribution is 2.28. The minimum absolute atomic E-state index is 0.0413. The number of carbonyl (C=O) groups is 1. The van der Waals surface area contributed by atoms with Gasteiger partial charge in [-0.2, -0.15) is 4.39 Å². The summed E-state index contributed by atoms with van der Waals surface area (Å²) in [4.78, 5) is 26.0. The number of thiazole rings is 1. The van der Waals surface area contributed by atoms with Crippen LogP contribution in [0.2, 0.25) is 0 Å². The molecule has 146 valence electrons. The molecule has 3 rings (SSSR count). The molecule has 0 unspecified atom stereocenters. The van der Waals surface area contributed by atoms with E-state index in [-0.39, 0.29) is 15.8 Å². The number of benzene rings is 2. The highest BCUT2D eigenvalue weighted by atomic mass is 32.2. The van der Waals surface area contributed by atoms with E-state index in [4.69, 9.17) is 4.74 Å².